The molecular formula is C16H24F2O2. The summed E-state index contributed by atoms with van der Waals surface area (Å²) >= 11 is 0. The second kappa shape index (κ2) is 7.02. The molecule has 0 spiro atoms. The number of halogens is 2. The van der Waals surface area contributed by atoms with Crippen molar-refractivity contribution in [2.45, 2.75) is 46.1 Å². The fourth-order valence-corrected chi connectivity index (χ4v) is 2.02. The molecule has 0 radical (unpaired) electrons. The van der Waals surface area contributed by atoms with Gasteiger partial charge in [-0.2, -0.15) is 0 Å². The maximum atomic E-state index is 12.7. The Hall–Kier alpha value is -1.16. The number of rotatable bonds is 7. The van der Waals surface area contributed by atoms with Gasteiger partial charge in [0.25, 0.3) is 0 Å². The molecule has 1 unspecified atom stereocenters. The second-order valence-electron chi connectivity index (χ2n) is 5.90. The van der Waals surface area contributed by atoms with E-state index in [4.69, 9.17) is 4.74 Å². The zero-order valence-electron chi connectivity index (χ0n) is 12.6. The standard InChI is InChI=1S/C16H24F2O2/c1-11(2)10-20-14-7-5-13(6-8-14)16(19,12(3)4)9-15(17)18/h5-8,11-12,15,19H,9-10H2,1-4H3. The van der Waals surface area contributed by atoms with Gasteiger partial charge in [-0.1, -0.05) is 39.8 Å². The Morgan fingerprint density at radius 1 is 1.10 bits per heavy atom. The summed E-state index contributed by atoms with van der Waals surface area (Å²) in [4.78, 5) is 0. The number of ether oxygens (including phenoxy) is 1. The highest BCUT2D eigenvalue weighted by atomic mass is 19.3. The van der Waals surface area contributed by atoms with Crippen molar-refractivity contribution in [3.63, 3.8) is 0 Å². The number of alkyl halides is 2. The van der Waals surface area contributed by atoms with Crippen LogP contribution in [0.1, 0.15) is 39.7 Å². The molecule has 0 aliphatic rings. The zero-order chi connectivity index (χ0) is 15.3. The normalized spacial score (nSPS) is 14.9. The molecule has 0 aromatic heterocycles. The van der Waals surface area contributed by atoms with Gasteiger partial charge in [0.05, 0.1) is 12.2 Å². The number of hydrogen-bond acceptors (Lipinski definition) is 2. The molecule has 4 heteroatoms. The van der Waals surface area contributed by atoms with Crippen molar-refractivity contribution in [3.05, 3.63) is 29.8 Å². The van der Waals surface area contributed by atoms with Crippen molar-refractivity contribution in [3.8, 4) is 5.75 Å². The first-order chi connectivity index (χ1) is 9.25. The van der Waals surface area contributed by atoms with Gasteiger partial charge in [-0.3, -0.25) is 0 Å². The highest BCUT2D eigenvalue weighted by molar-refractivity contribution is 5.31. The fourth-order valence-electron chi connectivity index (χ4n) is 2.02. The summed E-state index contributed by atoms with van der Waals surface area (Å²) in [6.07, 6.45) is -3.10. The minimum absolute atomic E-state index is 0.293. The van der Waals surface area contributed by atoms with Crippen LogP contribution in [0.5, 0.6) is 5.75 Å². The zero-order valence-corrected chi connectivity index (χ0v) is 12.6. The lowest BCUT2D eigenvalue weighted by molar-refractivity contribution is -0.0606. The molecule has 0 bridgehead atoms. The molecule has 114 valence electrons. The van der Waals surface area contributed by atoms with Crippen LogP contribution in [0.4, 0.5) is 8.78 Å². The molecule has 1 rings (SSSR count). The van der Waals surface area contributed by atoms with E-state index >= 15 is 0 Å². The highest BCUT2D eigenvalue weighted by Gasteiger charge is 2.36. The van der Waals surface area contributed by atoms with Gasteiger partial charge in [-0.15, -0.1) is 0 Å². The lowest BCUT2D eigenvalue weighted by Crippen LogP contribution is -2.34. The summed E-state index contributed by atoms with van der Waals surface area (Å²) in [6, 6.07) is 6.77. The van der Waals surface area contributed by atoms with Gasteiger partial charge in [0.15, 0.2) is 0 Å². The van der Waals surface area contributed by atoms with Crippen LogP contribution in [0.15, 0.2) is 24.3 Å². The molecule has 1 atom stereocenters. The van der Waals surface area contributed by atoms with Crippen LogP contribution < -0.4 is 4.74 Å². The number of hydrogen-bond donors (Lipinski definition) is 1. The van der Waals surface area contributed by atoms with Gasteiger partial charge in [-0.25, -0.2) is 8.78 Å². The van der Waals surface area contributed by atoms with E-state index in [1.165, 1.54) is 0 Å². The van der Waals surface area contributed by atoms with E-state index in [0.717, 1.165) is 0 Å². The van der Waals surface area contributed by atoms with Crippen LogP contribution in [0, 0.1) is 11.8 Å². The third kappa shape index (κ3) is 4.44. The lowest BCUT2D eigenvalue weighted by atomic mass is 9.81. The van der Waals surface area contributed by atoms with Gasteiger partial charge in [-0.05, 0) is 29.5 Å². The minimum Gasteiger partial charge on any atom is -0.493 e. The minimum atomic E-state index is -2.54. The monoisotopic (exact) mass is 286 g/mol. The van der Waals surface area contributed by atoms with E-state index in [0.29, 0.717) is 23.8 Å². The Balaban J connectivity index is 2.88. The molecule has 0 fully saturated rings. The Bertz CT molecular complexity index is 401. The number of benzene rings is 1. The summed E-state index contributed by atoms with van der Waals surface area (Å²) in [5, 5.41) is 10.5. The Morgan fingerprint density at radius 2 is 1.65 bits per heavy atom. The van der Waals surface area contributed by atoms with Crippen molar-refractivity contribution in [1.29, 1.82) is 0 Å². The summed E-state index contributed by atoms with van der Waals surface area (Å²) in [6.45, 7) is 8.19. The average Bonchev–Trinajstić information content (AvgIpc) is 2.35. The highest BCUT2D eigenvalue weighted by Crippen LogP contribution is 2.36. The first-order valence-electron chi connectivity index (χ1n) is 6.99. The van der Waals surface area contributed by atoms with E-state index in [-0.39, 0.29) is 5.92 Å². The molecular weight excluding hydrogens is 262 g/mol. The lowest BCUT2D eigenvalue weighted by Gasteiger charge is -2.32. The average molecular weight is 286 g/mol. The largest absolute Gasteiger partial charge is 0.493 e. The summed E-state index contributed by atoms with van der Waals surface area (Å²) in [5.74, 6) is 0.811. The maximum absolute atomic E-state index is 12.7. The molecule has 0 saturated heterocycles. The maximum Gasteiger partial charge on any atom is 0.241 e. The fraction of sp³-hybridized carbons (Fsp3) is 0.625. The van der Waals surface area contributed by atoms with Crippen LogP contribution in [0.2, 0.25) is 0 Å². The van der Waals surface area contributed by atoms with E-state index < -0.39 is 18.4 Å². The van der Waals surface area contributed by atoms with Gasteiger partial charge < -0.3 is 9.84 Å². The SMILES string of the molecule is CC(C)COc1ccc(C(O)(CC(F)F)C(C)C)cc1. The predicted molar refractivity (Wildman–Crippen MR) is 76.1 cm³/mol. The van der Waals surface area contributed by atoms with Crippen LogP contribution in [-0.4, -0.2) is 18.1 Å². The van der Waals surface area contributed by atoms with Crippen molar-refractivity contribution in [2.75, 3.05) is 6.61 Å². The topological polar surface area (TPSA) is 29.5 Å². The number of aliphatic hydroxyl groups is 1. The molecule has 0 aliphatic heterocycles. The van der Waals surface area contributed by atoms with Crippen molar-refractivity contribution in [1.82, 2.24) is 0 Å². The van der Waals surface area contributed by atoms with E-state index in [2.05, 4.69) is 13.8 Å². The third-order valence-corrected chi connectivity index (χ3v) is 3.36. The van der Waals surface area contributed by atoms with E-state index in [9.17, 15) is 13.9 Å². The van der Waals surface area contributed by atoms with Gasteiger partial charge >= 0.3 is 0 Å². The first-order valence-corrected chi connectivity index (χ1v) is 6.99. The second-order valence-corrected chi connectivity index (χ2v) is 5.90. The Kier molecular flexibility index (Phi) is 5.93. The third-order valence-electron chi connectivity index (χ3n) is 3.36. The van der Waals surface area contributed by atoms with Gasteiger partial charge in [0.1, 0.15) is 5.75 Å². The van der Waals surface area contributed by atoms with Crippen LogP contribution in [0.3, 0.4) is 0 Å². The molecule has 0 heterocycles. The van der Waals surface area contributed by atoms with Crippen LogP contribution >= 0.6 is 0 Å². The molecule has 0 saturated carbocycles. The predicted octanol–water partition coefficient (Wildman–Crippen LogP) is 4.22. The van der Waals surface area contributed by atoms with E-state index in [1.807, 2.05) is 0 Å². The van der Waals surface area contributed by atoms with E-state index in [1.54, 1.807) is 38.1 Å². The molecule has 0 amide bonds. The smallest absolute Gasteiger partial charge is 0.241 e. The first kappa shape index (κ1) is 16.9. The summed E-state index contributed by atoms with van der Waals surface area (Å²) < 4.78 is 30.9. The molecule has 0 aliphatic carbocycles. The molecule has 1 aromatic rings. The van der Waals surface area contributed by atoms with Crippen molar-refractivity contribution in [2.24, 2.45) is 11.8 Å². The quantitative estimate of drug-likeness (QED) is 0.813. The van der Waals surface area contributed by atoms with Gasteiger partial charge in [0, 0.05) is 6.42 Å². The molecule has 1 N–H and O–H groups in total. The van der Waals surface area contributed by atoms with Crippen molar-refractivity contribution < 1.29 is 18.6 Å². The van der Waals surface area contributed by atoms with Crippen LogP contribution in [0.25, 0.3) is 0 Å². The van der Waals surface area contributed by atoms with Gasteiger partial charge in [0.2, 0.25) is 6.43 Å². The molecule has 2 nitrogen and oxygen atoms in total. The summed E-state index contributed by atoms with van der Waals surface area (Å²) in [5.41, 5.74) is -1.00. The van der Waals surface area contributed by atoms with Crippen LogP contribution in [-0.2, 0) is 5.60 Å². The summed E-state index contributed by atoms with van der Waals surface area (Å²) in [7, 11) is 0. The Labute approximate surface area is 119 Å². The molecule has 1 aromatic carbocycles. The molecule has 20 heavy (non-hydrogen) atoms. The van der Waals surface area contributed by atoms with Crippen molar-refractivity contribution >= 4 is 0 Å². The Morgan fingerprint density at radius 3 is 2.05 bits per heavy atom.